The van der Waals surface area contributed by atoms with Crippen LogP contribution in [0.1, 0.15) is 6.42 Å². The normalized spacial score (nSPS) is 12.2. The number of nitrogens with one attached hydrogen (secondary N) is 2. The zero-order valence-corrected chi connectivity index (χ0v) is 20.2. The van der Waals surface area contributed by atoms with E-state index in [-0.39, 0.29) is 0 Å². The molecule has 0 saturated carbocycles. The SMILES string of the molecule is CN(CCCNc1ccnc2cc(Cl)ccc12)CC[NH+](c1ccc(Cl)cc1)c1ccccn1. The minimum absolute atomic E-state index is 0.703. The first-order valence-corrected chi connectivity index (χ1v) is 11.9. The van der Waals surface area contributed by atoms with Crippen LogP contribution in [0, 0.1) is 0 Å². The highest BCUT2D eigenvalue weighted by molar-refractivity contribution is 6.31. The number of halogens is 2. The van der Waals surface area contributed by atoms with E-state index in [2.05, 4.69) is 45.4 Å². The second kappa shape index (κ2) is 11.4. The van der Waals surface area contributed by atoms with Crippen molar-refractivity contribution in [2.45, 2.75) is 6.42 Å². The third kappa shape index (κ3) is 6.42. The first-order valence-electron chi connectivity index (χ1n) is 11.1. The van der Waals surface area contributed by atoms with Crippen molar-refractivity contribution in [3.63, 3.8) is 0 Å². The van der Waals surface area contributed by atoms with Crippen LogP contribution in [0.2, 0.25) is 10.0 Å². The average Bonchev–Trinajstić information content (AvgIpc) is 2.83. The van der Waals surface area contributed by atoms with Crippen LogP contribution in [-0.2, 0) is 0 Å². The van der Waals surface area contributed by atoms with E-state index in [9.17, 15) is 0 Å². The quantitative estimate of drug-likeness (QED) is 0.305. The van der Waals surface area contributed by atoms with E-state index in [4.69, 9.17) is 23.2 Å². The van der Waals surface area contributed by atoms with Crippen molar-refractivity contribution in [1.29, 1.82) is 0 Å². The fraction of sp³-hybridized carbons (Fsp3) is 0.231. The summed E-state index contributed by atoms with van der Waals surface area (Å²) >= 11 is 12.2. The minimum atomic E-state index is 0.703. The molecule has 2 aromatic carbocycles. The fourth-order valence-corrected chi connectivity index (χ4v) is 4.17. The van der Waals surface area contributed by atoms with Crippen molar-refractivity contribution in [2.24, 2.45) is 0 Å². The Hall–Kier alpha value is -2.70. The third-order valence-electron chi connectivity index (χ3n) is 5.65. The van der Waals surface area contributed by atoms with Gasteiger partial charge in [0.25, 0.3) is 0 Å². The number of anilines is 1. The van der Waals surface area contributed by atoms with Gasteiger partial charge >= 0.3 is 0 Å². The molecule has 0 fully saturated rings. The van der Waals surface area contributed by atoms with Crippen molar-refractivity contribution < 1.29 is 4.90 Å². The lowest BCUT2D eigenvalue weighted by molar-refractivity contribution is -0.762. The predicted octanol–water partition coefficient (Wildman–Crippen LogP) is 5.22. The van der Waals surface area contributed by atoms with Crippen molar-refractivity contribution in [3.8, 4) is 0 Å². The summed E-state index contributed by atoms with van der Waals surface area (Å²) in [5.41, 5.74) is 3.16. The average molecular weight is 481 g/mol. The zero-order chi connectivity index (χ0) is 23.0. The lowest BCUT2D eigenvalue weighted by Gasteiger charge is -2.22. The Bertz CT molecular complexity index is 1170. The lowest BCUT2D eigenvalue weighted by atomic mass is 10.2. The molecule has 0 aliphatic heterocycles. The van der Waals surface area contributed by atoms with Gasteiger partial charge in [-0.15, -0.1) is 0 Å². The maximum Gasteiger partial charge on any atom is 0.230 e. The molecule has 0 amide bonds. The third-order valence-corrected chi connectivity index (χ3v) is 6.13. The number of aromatic nitrogens is 2. The fourth-order valence-electron chi connectivity index (χ4n) is 3.87. The number of hydrogen-bond acceptors (Lipinski definition) is 4. The molecule has 2 heterocycles. The van der Waals surface area contributed by atoms with E-state index in [1.807, 2.05) is 60.9 Å². The highest BCUT2D eigenvalue weighted by atomic mass is 35.5. The summed E-state index contributed by atoms with van der Waals surface area (Å²) < 4.78 is 0. The minimum Gasteiger partial charge on any atom is -0.384 e. The number of benzene rings is 2. The number of fused-ring (bicyclic) bond motifs is 1. The molecule has 7 heteroatoms. The summed E-state index contributed by atoms with van der Waals surface area (Å²) in [6.07, 6.45) is 4.70. The van der Waals surface area contributed by atoms with Crippen LogP contribution in [0.5, 0.6) is 0 Å². The first kappa shape index (κ1) is 23.5. The molecule has 1 atom stereocenters. The summed E-state index contributed by atoms with van der Waals surface area (Å²) in [5, 5.41) is 6.08. The van der Waals surface area contributed by atoms with Crippen LogP contribution in [0.15, 0.2) is 79.1 Å². The standard InChI is InChI=1S/C26H27Cl2N5/c1-32(16-4-14-29-24-12-15-30-25-19-21(28)8-11-23(24)25)17-18-33(26-5-2-3-13-31-26)22-9-6-20(27)7-10-22/h2-3,5-13,15,19H,4,14,16-18H2,1H3,(H,29,30)/p+1. The summed E-state index contributed by atoms with van der Waals surface area (Å²) in [6.45, 7) is 3.75. The lowest BCUT2D eigenvalue weighted by Crippen LogP contribution is -3.03. The van der Waals surface area contributed by atoms with Crippen LogP contribution in [-0.4, -0.2) is 48.1 Å². The molecule has 1 unspecified atom stereocenters. The highest BCUT2D eigenvalue weighted by Crippen LogP contribution is 2.24. The molecule has 4 rings (SSSR count). The van der Waals surface area contributed by atoms with Gasteiger partial charge in [0.15, 0.2) is 0 Å². The molecule has 4 aromatic rings. The molecule has 2 N–H and O–H groups in total. The van der Waals surface area contributed by atoms with E-state index < -0.39 is 0 Å². The van der Waals surface area contributed by atoms with Crippen molar-refractivity contribution in [1.82, 2.24) is 14.9 Å². The van der Waals surface area contributed by atoms with Gasteiger partial charge in [0.2, 0.25) is 5.82 Å². The number of rotatable bonds is 10. The first-order chi connectivity index (χ1) is 16.1. The number of quaternary nitrogens is 1. The van der Waals surface area contributed by atoms with Crippen molar-refractivity contribution in [2.75, 3.05) is 38.5 Å². The van der Waals surface area contributed by atoms with Crippen LogP contribution in [0.25, 0.3) is 10.9 Å². The Morgan fingerprint density at radius 2 is 1.70 bits per heavy atom. The smallest absolute Gasteiger partial charge is 0.230 e. The Balaban J connectivity index is 1.30. The van der Waals surface area contributed by atoms with Gasteiger partial charge in [-0.05, 0) is 62.5 Å². The molecule has 0 aliphatic carbocycles. The Kier molecular flexibility index (Phi) is 8.13. The Morgan fingerprint density at radius 1 is 0.879 bits per heavy atom. The van der Waals surface area contributed by atoms with E-state index in [0.717, 1.165) is 65.7 Å². The number of pyridine rings is 2. The topological polar surface area (TPSA) is 45.5 Å². The van der Waals surface area contributed by atoms with Crippen molar-refractivity contribution in [3.05, 3.63) is 89.2 Å². The van der Waals surface area contributed by atoms with Gasteiger partial charge in [-0.1, -0.05) is 29.3 Å². The maximum absolute atomic E-state index is 6.10. The molecule has 5 nitrogen and oxygen atoms in total. The summed E-state index contributed by atoms with van der Waals surface area (Å²) in [6, 6.07) is 21.9. The molecular weight excluding hydrogens is 453 g/mol. The van der Waals surface area contributed by atoms with Crippen molar-refractivity contribution >= 4 is 51.3 Å². The molecular formula is C26H28Cl2N5+. The predicted molar refractivity (Wildman–Crippen MR) is 138 cm³/mol. The van der Waals surface area contributed by atoms with Gasteiger partial charge in [0.05, 0.1) is 5.52 Å². The van der Waals surface area contributed by atoms with Gasteiger partial charge in [-0.25, -0.2) is 4.98 Å². The number of hydrogen-bond donors (Lipinski definition) is 2. The molecule has 0 radical (unpaired) electrons. The van der Waals surface area contributed by atoms with Gasteiger partial charge in [0.1, 0.15) is 12.2 Å². The van der Waals surface area contributed by atoms with Crippen LogP contribution < -0.4 is 10.2 Å². The monoisotopic (exact) mass is 480 g/mol. The van der Waals surface area contributed by atoms with Gasteiger partial charge in [-0.2, -0.15) is 0 Å². The van der Waals surface area contributed by atoms with Gasteiger partial charge < -0.3 is 10.2 Å². The van der Waals surface area contributed by atoms with E-state index >= 15 is 0 Å². The molecule has 0 bridgehead atoms. The molecule has 0 spiro atoms. The highest BCUT2D eigenvalue weighted by Gasteiger charge is 2.17. The summed E-state index contributed by atoms with van der Waals surface area (Å²) in [4.78, 5) is 12.6. The molecule has 0 aliphatic rings. The zero-order valence-electron chi connectivity index (χ0n) is 18.6. The van der Waals surface area contributed by atoms with E-state index in [1.165, 1.54) is 4.90 Å². The Morgan fingerprint density at radius 3 is 2.48 bits per heavy atom. The second-order valence-corrected chi connectivity index (χ2v) is 8.93. The van der Waals surface area contributed by atoms with Crippen LogP contribution >= 0.6 is 23.2 Å². The molecule has 170 valence electrons. The molecule has 2 aromatic heterocycles. The van der Waals surface area contributed by atoms with Crippen LogP contribution in [0.3, 0.4) is 0 Å². The summed E-state index contributed by atoms with van der Waals surface area (Å²) in [5.74, 6) is 1.01. The number of nitrogens with zero attached hydrogens (tertiary/aromatic N) is 3. The number of likely N-dealkylation sites (N-methyl/N-ethyl adjacent to an activating group) is 1. The second-order valence-electron chi connectivity index (χ2n) is 8.05. The summed E-state index contributed by atoms with van der Waals surface area (Å²) in [7, 11) is 2.17. The van der Waals surface area contributed by atoms with E-state index in [1.54, 1.807) is 0 Å². The van der Waals surface area contributed by atoms with Crippen LogP contribution in [0.4, 0.5) is 17.2 Å². The molecule has 33 heavy (non-hydrogen) atoms. The largest absolute Gasteiger partial charge is 0.384 e. The maximum atomic E-state index is 6.10. The molecule has 0 saturated heterocycles. The van der Waals surface area contributed by atoms with Gasteiger partial charge in [0, 0.05) is 64.8 Å². The van der Waals surface area contributed by atoms with Gasteiger partial charge in [-0.3, -0.25) is 9.88 Å². The Labute approximate surface area is 205 Å². The van der Waals surface area contributed by atoms with E-state index in [0.29, 0.717) is 5.02 Å².